The van der Waals surface area contributed by atoms with E-state index in [4.69, 9.17) is 5.73 Å². The Hall–Kier alpha value is -0.780. The van der Waals surface area contributed by atoms with Gasteiger partial charge in [0.2, 0.25) is 5.91 Å². The molecular formula is C11H19F3N2O. The van der Waals surface area contributed by atoms with Gasteiger partial charge in [0.15, 0.2) is 0 Å². The number of carbonyl (C=O) groups excluding carboxylic acids is 1. The summed E-state index contributed by atoms with van der Waals surface area (Å²) in [4.78, 5) is 10.7. The Kier molecular flexibility index (Phi) is 4.80. The zero-order valence-corrected chi connectivity index (χ0v) is 9.89. The normalized spacial score (nSPS) is 27.8. The molecule has 0 aromatic heterocycles. The molecule has 1 fully saturated rings. The van der Waals surface area contributed by atoms with Gasteiger partial charge < -0.3 is 11.1 Å². The number of nitrogens with one attached hydrogen (secondary N) is 1. The SMILES string of the molecule is CC(CC(N)=O)NC1CCCCC1C(F)(F)F. The molecular weight excluding hydrogens is 233 g/mol. The van der Waals surface area contributed by atoms with Crippen LogP contribution in [0.2, 0.25) is 0 Å². The lowest BCUT2D eigenvalue weighted by Gasteiger charge is -2.35. The Balaban J connectivity index is 2.56. The van der Waals surface area contributed by atoms with E-state index in [0.717, 1.165) is 6.42 Å². The minimum Gasteiger partial charge on any atom is -0.370 e. The topological polar surface area (TPSA) is 55.1 Å². The number of primary amides is 1. The second kappa shape index (κ2) is 5.71. The van der Waals surface area contributed by atoms with Crippen molar-refractivity contribution >= 4 is 5.91 Å². The van der Waals surface area contributed by atoms with Gasteiger partial charge in [-0.05, 0) is 19.8 Å². The van der Waals surface area contributed by atoms with Crippen molar-refractivity contribution in [2.75, 3.05) is 0 Å². The number of rotatable bonds is 4. The van der Waals surface area contributed by atoms with Crippen molar-refractivity contribution in [2.24, 2.45) is 11.7 Å². The Morgan fingerprint density at radius 2 is 2.00 bits per heavy atom. The van der Waals surface area contributed by atoms with Gasteiger partial charge in [-0.3, -0.25) is 4.79 Å². The van der Waals surface area contributed by atoms with Gasteiger partial charge in [0.05, 0.1) is 5.92 Å². The molecule has 0 bridgehead atoms. The monoisotopic (exact) mass is 252 g/mol. The first-order valence-corrected chi connectivity index (χ1v) is 5.91. The summed E-state index contributed by atoms with van der Waals surface area (Å²) in [6.07, 6.45) is -2.00. The van der Waals surface area contributed by atoms with Crippen molar-refractivity contribution in [1.29, 1.82) is 0 Å². The maximum Gasteiger partial charge on any atom is 0.393 e. The van der Waals surface area contributed by atoms with Crippen molar-refractivity contribution in [3.8, 4) is 0 Å². The third-order valence-electron chi connectivity index (χ3n) is 3.19. The highest BCUT2D eigenvalue weighted by molar-refractivity contribution is 5.74. The molecule has 3 N–H and O–H groups in total. The first kappa shape index (κ1) is 14.3. The number of hydrogen-bond acceptors (Lipinski definition) is 2. The van der Waals surface area contributed by atoms with E-state index in [1.54, 1.807) is 6.92 Å². The quantitative estimate of drug-likeness (QED) is 0.803. The molecule has 0 aromatic carbocycles. The standard InChI is InChI=1S/C11H19F3N2O/c1-7(6-10(15)17)16-9-5-3-2-4-8(9)11(12,13)14/h7-9,16H,2-6H2,1H3,(H2,15,17). The zero-order chi connectivity index (χ0) is 13.1. The molecule has 1 amide bonds. The number of halogens is 3. The summed E-state index contributed by atoms with van der Waals surface area (Å²) < 4.78 is 38.3. The Labute approximate surface area is 98.9 Å². The molecule has 0 saturated heterocycles. The van der Waals surface area contributed by atoms with Crippen molar-refractivity contribution in [1.82, 2.24) is 5.32 Å². The van der Waals surface area contributed by atoms with Gasteiger partial charge in [-0.15, -0.1) is 0 Å². The van der Waals surface area contributed by atoms with Crippen LogP contribution >= 0.6 is 0 Å². The molecule has 1 aliphatic rings. The van der Waals surface area contributed by atoms with Crippen LogP contribution in [0, 0.1) is 5.92 Å². The lowest BCUT2D eigenvalue weighted by Crippen LogP contribution is -2.49. The predicted octanol–water partition coefficient (Wildman–Crippen LogP) is 1.96. The summed E-state index contributed by atoms with van der Waals surface area (Å²) >= 11 is 0. The van der Waals surface area contributed by atoms with Crippen LogP contribution in [0.1, 0.15) is 39.0 Å². The molecule has 0 spiro atoms. The summed E-state index contributed by atoms with van der Waals surface area (Å²) in [5.41, 5.74) is 5.02. The minimum atomic E-state index is -4.16. The van der Waals surface area contributed by atoms with E-state index in [1.807, 2.05) is 0 Å². The van der Waals surface area contributed by atoms with Crippen LogP contribution < -0.4 is 11.1 Å². The number of alkyl halides is 3. The molecule has 3 atom stereocenters. The highest BCUT2D eigenvalue weighted by Gasteiger charge is 2.45. The van der Waals surface area contributed by atoms with Crippen molar-refractivity contribution < 1.29 is 18.0 Å². The van der Waals surface area contributed by atoms with Gasteiger partial charge in [-0.25, -0.2) is 0 Å². The number of carbonyl (C=O) groups is 1. The summed E-state index contributed by atoms with van der Waals surface area (Å²) in [5, 5.41) is 2.89. The number of amides is 1. The lowest BCUT2D eigenvalue weighted by molar-refractivity contribution is -0.189. The maximum atomic E-state index is 12.8. The molecule has 3 unspecified atom stereocenters. The van der Waals surface area contributed by atoms with E-state index in [9.17, 15) is 18.0 Å². The Bertz CT molecular complexity index is 268. The average Bonchev–Trinajstić information content (AvgIpc) is 2.15. The fraction of sp³-hybridized carbons (Fsp3) is 0.909. The summed E-state index contributed by atoms with van der Waals surface area (Å²) in [6, 6.07) is -0.890. The molecule has 100 valence electrons. The molecule has 1 saturated carbocycles. The molecule has 6 heteroatoms. The second-order valence-electron chi connectivity index (χ2n) is 4.78. The van der Waals surface area contributed by atoms with Crippen LogP contribution in [0.3, 0.4) is 0 Å². The van der Waals surface area contributed by atoms with Gasteiger partial charge in [0.1, 0.15) is 0 Å². The second-order valence-corrected chi connectivity index (χ2v) is 4.78. The highest BCUT2D eigenvalue weighted by Crippen LogP contribution is 2.37. The summed E-state index contributed by atoms with van der Waals surface area (Å²) in [7, 11) is 0. The van der Waals surface area contributed by atoms with Crippen LogP contribution in [0.15, 0.2) is 0 Å². The number of nitrogens with two attached hydrogens (primary N) is 1. The first-order chi connectivity index (χ1) is 7.80. The molecule has 0 aromatic rings. The van der Waals surface area contributed by atoms with E-state index < -0.39 is 24.0 Å². The van der Waals surface area contributed by atoms with Gasteiger partial charge in [0, 0.05) is 18.5 Å². The van der Waals surface area contributed by atoms with Gasteiger partial charge in [-0.2, -0.15) is 13.2 Å². The minimum absolute atomic E-state index is 0.0705. The van der Waals surface area contributed by atoms with Crippen LogP contribution in [-0.4, -0.2) is 24.2 Å². The van der Waals surface area contributed by atoms with E-state index in [2.05, 4.69) is 5.32 Å². The maximum absolute atomic E-state index is 12.8. The fourth-order valence-electron chi connectivity index (χ4n) is 2.45. The largest absolute Gasteiger partial charge is 0.393 e. The molecule has 17 heavy (non-hydrogen) atoms. The molecule has 1 rings (SSSR count). The molecule has 3 nitrogen and oxygen atoms in total. The van der Waals surface area contributed by atoms with Crippen LogP contribution in [0.4, 0.5) is 13.2 Å². The van der Waals surface area contributed by atoms with E-state index in [0.29, 0.717) is 12.8 Å². The third kappa shape index (κ3) is 4.53. The predicted molar refractivity (Wildman–Crippen MR) is 58.2 cm³/mol. The van der Waals surface area contributed by atoms with Crippen LogP contribution in [0.5, 0.6) is 0 Å². The van der Waals surface area contributed by atoms with Crippen molar-refractivity contribution in [3.05, 3.63) is 0 Å². The Morgan fingerprint density at radius 1 is 1.41 bits per heavy atom. The first-order valence-electron chi connectivity index (χ1n) is 5.91. The van der Waals surface area contributed by atoms with Crippen molar-refractivity contribution in [2.45, 2.75) is 57.3 Å². The van der Waals surface area contributed by atoms with E-state index in [-0.39, 0.29) is 18.9 Å². The molecule has 0 aliphatic heterocycles. The smallest absolute Gasteiger partial charge is 0.370 e. The highest BCUT2D eigenvalue weighted by atomic mass is 19.4. The molecule has 0 heterocycles. The zero-order valence-electron chi connectivity index (χ0n) is 9.89. The molecule has 0 radical (unpaired) electrons. The van der Waals surface area contributed by atoms with Crippen molar-refractivity contribution in [3.63, 3.8) is 0 Å². The number of hydrogen-bond donors (Lipinski definition) is 2. The Morgan fingerprint density at radius 3 is 2.53 bits per heavy atom. The lowest BCUT2D eigenvalue weighted by atomic mass is 9.83. The van der Waals surface area contributed by atoms with E-state index in [1.165, 1.54) is 0 Å². The van der Waals surface area contributed by atoms with Crippen LogP contribution in [-0.2, 0) is 4.79 Å². The van der Waals surface area contributed by atoms with Gasteiger partial charge in [-0.1, -0.05) is 12.8 Å². The average molecular weight is 252 g/mol. The summed E-state index contributed by atoms with van der Waals surface area (Å²) in [5.74, 6) is -1.80. The third-order valence-corrected chi connectivity index (χ3v) is 3.19. The molecule has 1 aliphatic carbocycles. The summed E-state index contributed by atoms with van der Waals surface area (Å²) in [6.45, 7) is 1.69. The van der Waals surface area contributed by atoms with Crippen LogP contribution in [0.25, 0.3) is 0 Å². The van der Waals surface area contributed by atoms with Gasteiger partial charge in [0.25, 0.3) is 0 Å². The van der Waals surface area contributed by atoms with Gasteiger partial charge >= 0.3 is 6.18 Å². The van der Waals surface area contributed by atoms with E-state index >= 15 is 0 Å². The fourth-order valence-corrected chi connectivity index (χ4v) is 2.45.